The van der Waals surface area contributed by atoms with Crippen LogP contribution in [0.25, 0.3) is 0 Å². The highest BCUT2D eigenvalue weighted by Gasteiger charge is 2.01. The summed E-state index contributed by atoms with van der Waals surface area (Å²) in [5, 5.41) is 4.13. The fraction of sp³-hybridized carbons (Fsp3) is 0.500. The second kappa shape index (κ2) is 4.56. The predicted octanol–water partition coefficient (Wildman–Crippen LogP) is 1.87. The molecule has 0 aromatic carbocycles. The summed E-state index contributed by atoms with van der Waals surface area (Å²) in [4.78, 5) is 0. The largest absolute Gasteiger partial charge is 0.489 e. The Bertz CT molecular complexity index is 296. The first-order valence-corrected chi connectivity index (χ1v) is 4.34. The lowest BCUT2D eigenvalue weighted by Gasteiger charge is -2.03. The Kier molecular flexibility index (Phi) is 3.39. The molecule has 0 radical (unpaired) electrons. The standard InChI is InChI=1S/C10H14N2O/c1-4-5-6-13-10-7-11-12(8-10)9(2)3/h1,7-9H,5-6H2,2-3H3. The van der Waals surface area contributed by atoms with Crippen molar-refractivity contribution in [3.63, 3.8) is 0 Å². The maximum absolute atomic E-state index is 5.35. The summed E-state index contributed by atoms with van der Waals surface area (Å²) in [6, 6.07) is 0.366. The summed E-state index contributed by atoms with van der Waals surface area (Å²) in [5.41, 5.74) is 0. The molecule has 0 saturated carbocycles. The van der Waals surface area contributed by atoms with Crippen molar-refractivity contribution in [2.45, 2.75) is 26.3 Å². The third-order valence-corrected chi connectivity index (χ3v) is 1.62. The molecule has 0 fully saturated rings. The fourth-order valence-corrected chi connectivity index (χ4v) is 0.905. The SMILES string of the molecule is C#CCCOc1cnn(C(C)C)c1. The van der Waals surface area contributed by atoms with Crippen LogP contribution in [0.2, 0.25) is 0 Å². The third kappa shape index (κ3) is 2.83. The average molecular weight is 178 g/mol. The van der Waals surface area contributed by atoms with Crippen LogP contribution in [0.3, 0.4) is 0 Å². The van der Waals surface area contributed by atoms with E-state index < -0.39 is 0 Å². The maximum atomic E-state index is 5.35. The molecule has 1 aromatic heterocycles. The van der Waals surface area contributed by atoms with Gasteiger partial charge in [-0.1, -0.05) is 0 Å². The normalized spacial score (nSPS) is 10.0. The monoisotopic (exact) mass is 178 g/mol. The molecule has 1 heterocycles. The Morgan fingerprint density at radius 3 is 3.00 bits per heavy atom. The number of aromatic nitrogens is 2. The molecule has 0 aliphatic rings. The first-order valence-electron chi connectivity index (χ1n) is 4.34. The Balaban J connectivity index is 2.45. The second-order valence-electron chi connectivity index (χ2n) is 3.05. The van der Waals surface area contributed by atoms with E-state index >= 15 is 0 Å². The molecule has 70 valence electrons. The molecule has 0 atom stereocenters. The van der Waals surface area contributed by atoms with Gasteiger partial charge in [0.15, 0.2) is 5.75 Å². The van der Waals surface area contributed by atoms with E-state index in [1.807, 2.05) is 10.9 Å². The lowest BCUT2D eigenvalue weighted by atomic mass is 10.4. The summed E-state index contributed by atoms with van der Waals surface area (Å²) in [5.74, 6) is 3.30. The average Bonchev–Trinajstić information content (AvgIpc) is 2.53. The van der Waals surface area contributed by atoms with Crippen molar-refractivity contribution in [2.24, 2.45) is 0 Å². The van der Waals surface area contributed by atoms with Crippen LogP contribution in [0.4, 0.5) is 0 Å². The molecule has 13 heavy (non-hydrogen) atoms. The van der Waals surface area contributed by atoms with E-state index in [2.05, 4.69) is 24.9 Å². The zero-order valence-electron chi connectivity index (χ0n) is 8.03. The minimum absolute atomic E-state index is 0.366. The van der Waals surface area contributed by atoms with E-state index in [0.717, 1.165) is 5.75 Å². The van der Waals surface area contributed by atoms with E-state index in [1.54, 1.807) is 6.20 Å². The first kappa shape index (κ1) is 9.66. The molecule has 0 bridgehead atoms. The van der Waals surface area contributed by atoms with Crippen molar-refractivity contribution in [1.82, 2.24) is 9.78 Å². The lowest BCUT2D eigenvalue weighted by Crippen LogP contribution is -2.00. The van der Waals surface area contributed by atoms with Crippen molar-refractivity contribution in [2.75, 3.05) is 6.61 Å². The van der Waals surface area contributed by atoms with Crippen LogP contribution in [0.1, 0.15) is 26.3 Å². The Labute approximate surface area is 78.7 Å². The van der Waals surface area contributed by atoms with Crippen LogP contribution >= 0.6 is 0 Å². The van der Waals surface area contributed by atoms with Gasteiger partial charge < -0.3 is 4.74 Å². The van der Waals surface area contributed by atoms with Gasteiger partial charge in [0, 0.05) is 12.5 Å². The van der Waals surface area contributed by atoms with Crippen molar-refractivity contribution >= 4 is 0 Å². The topological polar surface area (TPSA) is 27.1 Å². The molecule has 0 spiro atoms. The highest BCUT2D eigenvalue weighted by molar-refractivity contribution is 5.12. The van der Waals surface area contributed by atoms with Crippen LogP contribution in [0, 0.1) is 12.3 Å². The molecule has 0 aliphatic carbocycles. The fourth-order valence-electron chi connectivity index (χ4n) is 0.905. The van der Waals surface area contributed by atoms with Crippen molar-refractivity contribution < 1.29 is 4.74 Å². The van der Waals surface area contributed by atoms with E-state index in [-0.39, 0.29) is 0 Å². The van der Waals surface area contributed by atoms with Crippen LogP contribution in [-0.4, -0.2) is 16.4 Å². The van der Waals surface area contributed by atoms with Crippen molar-refractivity contribution in [1.29, 1.82) is 0 Å². The third-order valence-electron chi connectivity index (χ3n) is 1.62. The molecule has 3 heteroatoms. The van der Waals surface area contributed by atoms with Crippen LogP contribution in [0.5, 0.6) is 5.75 Å². The summed E-state index contributed by atoms with van der Waals surface area (Å²) >= 11 is 0. The van der Waals surface area contributed by atoms with Gasteiger partial charge in [-0.05, 0) is 13.8 Å². The second-order valence-corrected chi connectivity index (χ2v) is 3.05. The van der Waals surface area contributed by atoms with Gasteiger partial charge in [-0.2, -0.15) is 5.10 Å². The van der Waals surface area contributed by atoms with E-state index in [0.29, 0.717) is 19.1 Å². The van der Waals surface area contributed by atoms with E-state index in [1.165, 1.54) is 0 Å². The molecular formula is C10H14N2O. The number of terminal acetylenes is 1. The summed E-state index contributed by atoms with van der Waals surface area (Å²) in [6.45, 7) is 4.69. The zero-order valence-corrected chi connectivity index (χ0v) is 8.03. The van der Waals surface area contributed by atoms with Gasteiger partial charge >= 0.3 is 0 Å². The van der Waals surface area contributed by atoms with Gasteiger partial charge in [0.1, 0.15) is 0 Å². The molecule has 3 nitrogen and oxygen atoms in total. The molecular weight excluding hydrogens is 164 g/mol. The zero-order chi connectivity index (χ0) is 9.68. The lowest BCUT2D eigenvalue weighted by molar-refractivity contribution is 0.326. The van der Waals surface area contributed by atoms with Gasteiger partial charge in [-0.25, -0.2) is 0 Å². The van der Waals surface area contributed by atoms with Gasteiger partial charge in [-0.15, -0.1) is 12.3 Å². The number of hydrogen-bond acceptors (Lipinski definition) is 2. The highest BCUT2D eigenvalue weighted by Crippen LogP contribution is 2.12. The highest BCUT2D eigenvalue weighted by atomic mass is 16.5. The smallest absolute Gasteiger partial charge is 0.157 e. The molecule has 0 aliphatic heterocycles. The maximum Gasteiger partial charge on any atom is 0.157 e. The van der Waals surface area contributed by atoms with Crippen LogP contribution in [0.15, 0.2) is 12.4 Å². The Hall–Kier alpha value is -1.43. The minimum atomic E-state index is 0.366. The summed E-state index contributed by atoms with van der Waals surface area (Å²) in [7, 11) is 0. The number of ether oxygens (including phenoxy) is 1. The van der Waals surface area contributed by atoms with Crippen LogP contribution < -0.4 is 4.74 Å². The molecule has 1 rings (SSSR count). The number of rotatable bonds is 4. The van der Waals surface area contributed by atoms with Gasteiger partial charge in [-0.3, -0.25) is 4.68 Å². The van der Waals surface area contributed by atoms with Gasteiger partial charge in [0.05, 0.1) is 19.0 Å². The summed E-state index contributed by atoms with van der Waals surface area (Å²) in [6.07, 6.45) is 9.31. The van der Waals surface area contributed by atoms with Gasteiger partial charge in [0.25, 0.3) is 0 Å². The van der Waals surface area contributed by atoms with Gasteiger partial charge in [0.2, 0.25) is 0 Å². The number of hydrogen-bond donors (Lipinski definition) is 0. The molecule has 0 N–H and O–H groups in total. The molecule has 0 saturated heterocycles. The molecule has 1 aromatic rings. The van der Waals surface area contributed by atoms with Crippen molar-refractivity contribution in [3.05, 3.63) is 12.4 Å². The van der Waals surface area contributed by atoms with Crippen molar-refractivity contribution in [3.8, 4) is 18.1 Å². The first-order chi connectivity index (χ1) is 6.24. The molecule has 0 amide bonds. The van der Waals surface area contributed by atoms with Crippen LogP contribution in [-0.2, 0) is 0 Å². The quantitative estimate of drug-likeness (QED) is 0.520. The predicted molar refractivity (Wildman–Crippen MR) is 51.6 cm³/mol. The Morgan fingerprint density at radius 2 is 2.46 bits per heavy atom. The Morgan fingerprint density at radius 1 is 1.69 bits per heavy atom. The molecule has 0 unspecified atom stereocenters. The number of nitrogens with zero attached hydrogens (tertiary/aromatic N) is 2. The summed E-state index contributed by atoms with van der Waals surface area (Å²) < 4.78 is 7.20. The van der Waals surface area contributed by atoms with E-state index in [9.17, 15) is 0 Å². The minimum Gasteiger partial charge on any atom is -0.489 e. The van der Waals surface area contributed by atoms with E-state index in [4.69, 9.17) is 11.2 Å².